The highest BCUT2D eigenvalue weighted by molar-refractivity contribution is 9.10. The van der Waals surface area contributed by atoms with Crippen LogP contribution in [0.1, 0.15) is 57.9 Å². The molecule has 0 bridgehead atoms. The lowest BCUT2D eigenvalue weighted by molar-refractivity contribution is 0.0198. The second-order valence-corrected chi connectivity index (χ2v) is 6.61. The molecule has 2 unspecified atom stereocenters. The van der Waals surface area contributed by atoms with Gasteiger partial charge in [0.25, 0.3) is 0 Å². The topological polar surface area (TPSA) is 12.0 Å². The van der Waals surface area contributed by atoms with Gasteiger partial charge in [-0.25, -0.2) is 0 Å². The SMILES string of the molecule is CCCNC1CC(c2ccccc2Br)C1(CC)CC. The molecule has 1 aliphatic carbocycles. The Balaban J connectivity index is 2.21. The lowest BCUT2D eigenvalue weighted by Gasteiger charge is -2.57. The van der Waals surface area contributed by atoms with Gasteiger partial charge in [-0.3, -0.25) is 0 Å². The molecule has 2 heteroatoms. The summed E-state index contributed by atoms with van der Waals surface area (Å²) in [5.74, 6) is 0.701. The molecule has 0 heterocycles. The summed E-state index contributed by atoms with van der Waals surface area (Å²) in [6, 6.07) is 9.45. The minimum atomic E-state index is 0.443. The first-order valence-electron chi connectivity index (χ1n) is 7.67. The zero-order chi connectivity index (χ0) is 13.9. The minimum absolute atomic E-state index is 0.443. The number of halogens is 1. The lowest BCUT2D eigenvalue weighted by atomic mass is 9.52. The highest BCUT2D eigenvalue weighted by Crippen LogP contribution is 2.58. The summed E-state index contributed by atoms with van der Waals surface area (Å²) in [6.45, 7) is 8.10. The van der Waals surface area contributed by atoms with Gasteiger partial charge < -0.3 is 5.32 Å². The van der Waals surface area contributed by atoms with Gasteiger partial charge in [0, 0.05) is 10.5 Å². The Bertz CT molecular complexity index is 411. The quantitative estimate of drug-likeness (QED) is 0.766. The third kappa shape index (κ3) is 2.62. The first-order chi connectivity index (χ1) is 9.19. The molecule has 0 amide bonds. The van der Waals surface area contributed by atoms with E-state index < -0.39 is 0 Å². The van der Waals surface area contributed by atoms with Crippen molar-refractivity contribution < 1.29 is 0 Å². The van der Waals surface area contributed by atoms with Crippen molar-refractivity contribution in [3.05, 3.63) is 34.3 Å². The predicted octanol–water partition coefficient (Wildman–Crippen LogP) is 5.11. The Kier molecular flexibility index (Phi) is 5.08. The van der Waals surface area contributed by atoms with Crippen molar-refractivity contribution in [2.24, 2.45) is 5.41 Å². The average molecular weight is 324 g/mol. The van der Waals surface area contributed by atoms with E-state index in [1.807, 2.05) is 0 Å². The molecule has 2 atom stereocenters. The standard InChI is InChI=1S/C17H26BrN/c1-4-11-19-16-12-14(17(16,5-2)6-3)13-9-7-8-10-15(13)18/h7-10,14,16,19H,4-6,11-12H2,1-3H3. The zero-order valence-electron chi connectivity index (χ0n) is 12.4. The Morgan fingerprint density at radius 3 is 2.47 bits per heavy atom. The van der Waals surface area contributed by atoms with Gasteiger partial charge in [-0.2, -0.15) is 0 Å². The fourth-order valence-corrected chi connectivity index (χ4v) is 4.38. The summed E-state index contributed by atoms with van der Waals surface area (Å²) in [5.41, 5.74) is 1.94. The average Bonchev–Trinajstić information content (AvgIpc) is 2.41. The van der Waals surface area contributed by atoms with Crippen molar-refractivity contribution in [2.75, 3.05) is 6.54 Å². The van der Waals surface area contributed by atoms with Crippen molar-refractivity contribution in [2.45, 2.75) is 58.4 Å². The highest BCUT2D eigenvalue weighted by atomic mass is 79.9. The van der Waals surface area contributed by atoms with Gasteiger partial charge >= 0.3 is 0 Å². The number of benzene rings is 1. The van der Waals surface area contributed by atoms with E-state index in [1.165, 1.54) is 35.7 Å². The van der Waals surface area contributed by atoms with Gasteiger partial charge in [0.1, 0.15) is 0 Å². The first-order valence-corrected chi connectivity index (χ1v) is 8.46. The Hall–Kier alpha value is -0.340. The van der Waals surface area contributed by atoms with Crippen LogP contribution >= 0.6 is 15.9 Å². The van der Waals surface area contributed by atoms with Gasteiger partial charge in [-0.1, -0.05) is 54.9 Å². The van der Waals surface area contributed by atoms with Crippen molar-refractivity contribution in [1.29, 1.82) is 0 Å². The molecule has 0 spiro atoms. The largest absolute Gasteiger partial charge is 0.313 e. The third-order valence-corrected chi connectivity index (χ3v) is 5.82. The van der Waals surface area contributed by atoms with Crippen LogP contribution in [0.5, 0.6) is 0 Å². The van der Waals surface area contributed by atoms with Crippen LogP contribution < -0.4 is 5.32 Å². The fraction of sp³-hybridized carbons (Fsp3) is 0.647. The van der Waals surface area contributed by atoms with Crippen LogP contribution in [-0.4, -0.2) is 12.6 Å². The monoisotopic (exact) mass is 323 g/mol. The molecule has 0 aromatic heterocycles. The fourth-order valence-electron chi connectivity index (χ4n) is 3.82. The number of rotatable bonds is 6. The van der Waals surface area contributed by atoms with Crippen molar-refractivity contribution in [3.63, 3.8) is 0 Å². The number of hydrogen-bond acceptors (Lipinski definition) is 1. The summed E-state index contributed by atoms with van der Waals surface area (Å²) in [4.78, 5) is 0. The van der Waals surface area contributed by atoms with E-state index in [0.717, 1.165) is 6.54 Å². The Morgan fingerprint density at radius 2 is 1.89 bits per heavy atom. The summed E-state index contributed by atoms with van der Waals surface area (Å²) >= 11 is 3.73. The zero-order valence-corrected chi connectivity index (χ0v) is 14.0. The van der Waals surface area contributed by atoms with Crippen LogP contribution in [0.2, 0.25) is 0 Å². The van der Waals surface area contributed by atoms with E-state index in [2.05, 4.69) is 66.3 Å². The molecular formula is C17H26BrN. The van der Waals surface area contributed by atoms with Gasteiger partial charge in [0.2, 0.25) is 0 Å². The third-order valence-electron chi connectivity index (χ3n) is 5.10. The molecule has 1 aliphatic rings. The van der Waals surface area contributed by atoms with E-state index in [-0.39, 0.29) is 0 Å². The maximum atomic E-state index is 3.77. The maximum absolute atomic E-state index is 3.77. The van der Waals surface area contributed by atoms with Crippen LogP contribution in [-0.2, 0) is 0 Å². The maximum Gasteiger partial charge on any atom is 0.0210 e. The molecule has 1 aromatic carbocycles. The molecule has 1 aromatic rings. The molecule has 0 radical (unpaired) electrons. The molecule has 1 saturated carbocycles. The summed E-state index contributed by atoms with van der Waals surface area (Å²) in [5, 5.41) is 3.77. The molecule has 1 nitrogen and oxygen atoms in total. The molecular weight excluding hydrogens is 298 g/mol. The van der Waals surface area contributed by atoms with Gasteiger partial charge in [-0.15, -0.1) is 0 Å². The molecule has 19 heavy (non-hydrogen) atoms. The minimum Gasteiger partial charge on any atom is -0.313 e. The van der Waals surface area contributed by atoms with Crippen molar-refractivity contribution in [3.8, 4) is 0 Å². The molecule has 1 fully saturated rings. The predicted molar refractivity (Wildman–Crippen MR) is 86.6 cm³/mol. The molecule has 106 valence electrons. The van der Waals surface area contributed by atoms with Crippen LogP contribution in [0, 0.1) is 5.41 Å². The highest BCUT2D eigenvalue weighted by Gasteiger charge is 2.52. The molecule has 0 saturated heterocycles. The first kappa shape index (κ1) is 15.1. The van der Waals surface area contributed by atoms with Gasteiger partial charge in [0.15, 0.2) is 0 Å². The lowest BCUT2D eigenvalue weighted by Crippen LogP contribution is -2.58. The molecule has 1 N–H and O–H groups in total. The van der Waals surface area contributed by atoms with Crippen LogP contribution in [0.15, 0.2) is 28.7 Å². The molecule has 2 rings (SSSR count). The number of hydrogen-bond donors (Lipinski definition) is 1. The summed E-state index contributed by atoms with van der Waals surface area (Å²) < 4.78 is 1.28. The van der Waals surface area contributed by atoms with E-state index >= 15 is 0 Å². The second-order valence-electron chi connectivity index (χ2n) is 5.76. The Labute approximate surface area is 126 Å². The van der Waals surface area contributed by atoms with E-state index in [4.69, 9.17) is 0 Å². The van der Waals surface area contributed by atoms with E-state index in [1.54, 1.807) is 0 Å². The van der Waals surface area contributed by atoms with E-state index in [0.29, 0.717) is 17.4 Å². The van der Waals surface area contributed by atoms with Gasteiger partial charge in [-0.05, 0) is 55.2 Å². The normalized spacial score (nSPS) is 25.1. The van der Waals surface area contributed by atoms with Crippen LogP contribution in [0.25, 0.3) is 0 Å². The summed E-state index contributed by atoms with van der Waals surface area (Å²) in [7, 11) is 0. The van der Waals surface area contributed by atoms with Gasteiger partial charge in [0.05, 0.1) is 0 Å². The van der Waals surface area contributed by atoms with Crippen LogP contribution in [0.4, 0.5) is 0 Å². The van der Waals surface area contributed by atoms with Crippen LogP contribution in [0.3, 0.4) is 0 Å². The summed E-state index contributed by atoms with van der Waals surface area (Å²) in [6.07, 6.45) is 5.03. The van der Waals surface area contributed by atoms with Crippen molar-refractivity contribution >= 4 is 15.9 Å². The number of nitrogens with one attached hydrogen (secondary N) is 1. The Morgan fingerprint density at radius 1 is 1.21 bits per heavy atom. The smallest absolute Gasteiger partial charge is 0.0210 e. The van der Waals surface area contributed by atoms with E-state index in [9.17, 15) is 0 Å². The van der Waals surface area contributed by atoms with Crippen molar-refractivity contribution in [1.82, 2.24) is 5.32 Å². The molecule has 0 aliphatic heterocycles. The second kappa shape index (κ2) is 6.41.